The van der Waals surface area contributed by atoms with E-state index in [9.17, 15) is 15.0 Å². The number of aliphatic hydroxyl groups is 2. The van der Waals surface area contributed by atoms with Gasteiger partial charge in [0.15, 0.2) is 0 Å². The number of rotatable bonds is 28. The third-order valence-corrected chi connectivity index (χ3v) is 7.12. The van der Waals surface area contributed by atoms with Gasteiger partial charge in [-0.05, 0) is 70.6 Å². The molecule has 0 saturated heterocycles. The zero-order chi connectivity index (χ0) is 27.9. The van der Waals surface area contributed by atoms with Gasteiger partial charge in [0, 0.05) is 6.42 Å². The van der Waals surface area contributed by atoms with E-state index in [0.717, 1.165) is 51.4 Å². The van der Waals surface area contributed by atoms with Crippen LogP contribution in [0.2, 0.25) is 0 Å². The Morgan fingerprint density at radius 1 is 0.632 bits per heavy atom. The van der Waals surface area contributed by atoms with Crippen molar-refractivity contribution in [3.63, 3.8) is 0 Å². The summed E-state index contributed by atoms with van der Waals surface area (Å²) >= 11 is 0. The van der Waals surface area contributed by atoms with E-state index in [2.05, 4.69) is 55.6 Å². The third-order valence-electron chi connectivity index (χ3n) is 7.12. The van der Waals surface area contributed by atoms with Crippen molar-refractivity contribution < 1.29 is 15.0 Å². The van der Waals surface area contributed by atoms with E-state index < -0.39 is 12.1 Å². The fraction of sp³-hybridized carbons (Fsp3) is 0.794. The lowest BCUT2D eigenvalue weighted by molar-refractivity contribution is -0.123. The van der Waals surface area contributed by atoms with Gasteiger partial charge in [-0.3, -0.25) is 4.79 Å². The SMILES string of the molecule is CCCCC/C=C/C/C=C/CCCCCCCC(=O)N[C@@H](CO)[C@H](O)CCCC/C=C/CCCCCCC. The molecule has 4 nitrogen and oxygen atoms in total. The maximum absolute atomic E-state index is 12.3. The smallest absolute Gasteiger partial charge is 0.220 e. The quantitative estimate of drug-likeness (QED) is 0.0693. The lowest BCUT2D eigenvalue weighted by atomic mass is 10.0. The Morgan fingerprint density at radius 2 is 1.08 bits per heavy atom. The van der Waals surface area contributed by atoms with Crippen molar-refractivity contribution in [2.75, 3.05) is 6.61 Å². The number of carbonyl (C=O) groups excluding carboxylic acids is 1. The van der Waals surface area contributed by atoms with Gasteiger partial charge in [0.2, 0.25) is 5.91 Å². The predicted octanol–water partition coefficient (Wildman–Crippen LogP) is 9.12. The number of amides is 1. The van der Waals surface area contributed by atoms with Gasteiger partial charge in [0.25, 0.3) is 0 Å². The summed E-state index contributed by atoms with van der Waals surface area (Å²) in [5.41, 5.74) is 0. The molecule has 0 fully saturated rings. The average Bonchev–Trinajstić information content (AvgIpc) is 2.92. The number of nitrogens with one attached hydrogen (secondary N) is 1. The van der Waals surface area contributed by atoms with Crippen LogP contribution in [0.15, 0.2) is 36.5 Å². The van der Waals surface area contributed by atoms with Crippen LogP contribution < -0.4 is 5.32 Å². The van der Waals surface area contributed by atoms with E-state index in [1.807, 2.05) is 0 Å². The fourth-order valence-electron chi connectivity index (χ4n) is 4.56. The number of carbonyl (C=O) groups is 1. The van der Waals surface area contributed by atoms with Crippen LogP contribution in [0, 0.1) is 0 Å². The van der Waals surface area contributed by atoms with Crippen LogP contribution >= 0.6 is 0 Å². The summed E-state index contributed by atoms with van der Waals surface area (Å²) in [4.78, 5) is 12.3. The molecule has 1 amide bonds. The molecule has 0 aliphatic rings. The summed E-state index contributed by atoms with van der Waals surface area (Å²) in [6.45, 7) is 4.27. The van der Waals surface area contributed by atoms with Crippen molar-refractivity contribution in [2.24, 2.45) is 0 Å². The number of hydrogen-bond acceptors (Lipinski definition) is 3. The van der Waals surface area contributed by atoms with E-state index in [0.29, 0.717) is 12.8 Å². The molecule has 0 aliphatic carbocycles. The standard InChI is InChI=1S/C34H63NO3/c1-3-5-7-9-11-13-15-16-17-18-20-22-24-26-28-30-34(38)35-32(31-36)33(37)29-27-25-23-21-19-14-12-10-8-6-4-2/h11,13,16-17,19,21,32-33,36-37H,3-10,12,14-15,18,20,22-31H2,1-2H3,(H,35,38)/b13-11+,17-16+,21-19+/t32-,33+/m0/s1. The van der Waals surface area contributed by atoms with Gasteiger partial charge in [0.05, 0.1) is 18.8 Å². The van der Waals surface area contributed by atoms with E-state index >= 15 is 0 Å². The van der Waals surface area contributed by atoms with Crippen molar-refractivity contribution >= 4 is 5.91 Å². The maximum Gasteiger partial charge on any atom is 0.220 e. The molecule has 0 aromatic carbocycles. The van der Waals surface area contributed by atoms with Gasteiger partial charge in [-0.25, -0.2) is 0 Å². The summed E-state index contributed by atoms with van der Waals surface area (Å²) in [6, 6.07) is -0.556. The van der Waals surface area contributed by atoms with E-state index in [4.69, 9.17) is 0 Å². The molecule has 0 rings (SSSR count). The lowest BCUT2D eigenvalue weighted by Gasteiger charge is -2.22. The molecule has 222 valence electrons. The van der Waals surface area contributed by atoms with Crippen molar-refractivity contribution in [2.45, 2.75) is 167 Å². The lowest BCUT2D eigenvalue weighted by Crippen LogP contribution is -2.45. The molecule has 0 radical (unpaired) electrons. The summed E-state index contributed by atoms with van der Waals surface area (Å²) in [5, 5.41) is 22.9. The largest absolute Gasteiger partial charge is 0.394 e. The number of allylic oxidation sites excluding steroid dienone is 6. The first-order valence-corrected chi connectivity index (χ1v) is 16.2. The Labute approximate surface area is 236 Å². The zero-order valence-electron chi connectivity index (χ0n) is 25.2. The highest BCUT2D eigenvalue weighted by molar-refractivity contribution is 5.76. The first-order valence-electron chi connectivity index (χ1n) is 16.2. The second-order valence-corrected chi connectivity index (χ2v) is 10.9. The molecule has 3 N–H and O–H groups in total. The molecule has 0 bridgehead atoms. The third kappa shape index (κ3) is 26.2. The highest BCUT2D eigenvalue weighted by atomic mass is 16.3. The van der Waals surface area contributed by atoms with E-state index in [1.165, 1.54) is 77.0 Å². The molecule has 4 heteroatoms. The summed E-state index contributed by atoms with van der Waals surface area (Å²) in [5.74, 6) is -0.0596. The Kier molecular flexibility index (Phi) is 29.1. The Morgan fingerprint density at radius 3 is 1.66 bits per heavy atom. The molecule has 0 unspecified atom stereocenters. The molecular weight excluding hydrogens is 470 g/mol. The Balaban J connectivity index is 3.68. The van der Waals surface area contributed by atoms with Gasteiger partial charge >= 0.3 is 0 Å². The van der Waals surface area contributed by atoms with Crippen LogP contribution in [0.25, 0.3) is 0 Å². The van der Waals surface area contributed by atoms with Crippen LogP contribution in [0.5, 0.6) is 0 Å². The Bertz CT molecular complexity index is 584. The van der Waals surface area contributed by atoms with Crippen LogP contribution in [0.4, 0.5) is 0 Å². The topological polar surface area (TPSA) is 69.6 Å². The van der Waals surface area contributed by atoms with Gasteiger partial charge in [-0.2, -0.15) is 0 Å². The summed E-state index contributed by atoms with van der Waals surface area (Å²) < 4.78 is 0. The summed E-state index contributed by atoms with van der Waals surface area (Å²) in [6.07, 6.45) is 37.6. The minimum atomic E-state index is -0.684. The van der Waals surface area contributed by atoms with Crippen molar-refractivity contribution in [1.29, 1.82) is 0 Å². The van der Waals surface area contributed by atoms with Crippen LogP contribution in [-0.2, 0) is 4.79 Å². The molecule has 0 saturated carbocycles. The number of unbranched alkanes of at least 4 members (excludes halogenated alkanes) is 15. The Hall–Kier alpha value is -1.39. The van der Waals surface area contributed by atoms with Crippen molar-refractivity contribution in [1.82, 2.24) is 5.32 Å². The molecule has 0 heterocycles. The molecular formula is C34H63NO3. The maximum atomic E-state index is 12.3. The first-order chi connectivity index (χ1) is 18.7. The number of hydrogen-bond donors (Lipinski definition) is 3. The summed E-state index contributed by atoms with van der Waals surface area (Å²) in [7, 11) is 0. The second-order valence-electron chi connectivity index (χ2n) is 10.9. The molecule has 38 heavy (non-hydrogen) atoms. The minimum Gasteiger partial charge on any atom is -0.394 e. The first kappa shape index (κ1) is 36.6. The molecule has 2 atom stereocenters. The van der Waals surface area contributed by atoms with Gasteiger partial charge in [0.1, 0.15) is 0 Å². The average molecular weight is 534 g/mol. The molecule has 0 aromatic rings. The highest BCUT2D eigenvalue weighted by Gasteiger charge is 2.19. The molecule has 0 spiro atoms. The minimum absolute atomic E-state index is 0.0596. The van der Waals surface area contributed by atoms with E-state index in [1.54, 1.807) is 0 Å². The van der Waals surface area contributed by atoms with E-state index in [-0.39, 0.29) is 12.5 Å². The van der Waals surface area contributed by atoms with Crippen LogP contribution in [-0.4, -0.2) is 34.9 Å². The van der Waals surface area contributed by atoms with Gasteiger partial charge in [-0.15, -0.1) is 0 Å². The van der Waals surface area contributed by atoms with Crippen molar-refractivity contribution in [3.05, 3.63) is 36.5 Å². The monoisotopic (exact) mass is 533 g/mol. The highest BCUT2D eigenvalue weighted by Crippen LogP contribution is 2.11. The fourth-order valence-corrected chi connectivity index (χ4v) is 4.56. The number of aliphatic hydroxyl groups excluding tert-OH is 2. The predicted molar refractivity (Wildman–Crippen MR) is 165 cm³/mol. The van der Waals surface area contributed by atoms with Crippen LogP contribution in [0.1, 0.15) is 155 Å². The van der Waals surface area contributed by atoms with Crippen molar-refractivity contribution in [3.8, 4) is 0 Å². The molecule has 0 aromatic heterocycles. The normalized spacial score (nSPS) is 13.7. The molecule has 0 aliphatic heterocycles. The second kappa shape index (κ2) is 30.2. The van der Waals surface area contributed by atoms with Gasteiger partial charge in [-0.1, -0.05) is 115 Å². The van der Waals surface area contributed by atoms with Gasteiger partial charge < -0.3 is 15.5 Å². The van der Waals surface area contributed by atoms with Crippen LogP contribution in [0.3, 0.4) is 0 Å². The zero-order valence-corrected chi connectivity index (χ0v) is 25.2.